The van der Waals surface area contributed by atoms with E-state index in [4.69, 9.17) is 0 Å². The van der Waals surface area contributed by atoms with Crippen molar-refractivity contribution >= 4 is 0 Å². The predicted molar refractivity (Wildman–Crippen MR) is 49.5 cm³/mol. The molecule has 0 aliphatic rings. The first-order valence-electron chi connectivity index (χ1n) is 4.29. The Labute approximate surface area is 76.9 Å². The van der Waals surface area contributed by atoms with Gasteiger partial charge in [-0.2, -0.15) is 0 Å². The summed E-state index contributed by atoms with van der Waals surface area (Å²) in [7, 11) is 0. The molecule has 0 amide bonds. The summed E-state index contributed by atoms with van der Waals surface area (Å²) in [6.45, 7) is 3.55. The van der Waals surface area contributed by atoms with Crippen molar-refractivity contribution in [3.05, 3.63) is 48.1 Å². The van der Waals surface area contributed by atoms with E-state index in [0.717, 1.165) is 12.8 Å². The molecule has 0 aromatic heterocycles. The second-order valence-electron chi connectivity index (χ2n) is 2.88. The van der Waals surface area contributed by atoms with Crippen LogP contribution in [0.15, 0.2) is 30.9 Å². The summed E-state index contributed by atoms with van der Waals surface area (Å²) < 4.78 is 26.0. The van der Waals surface area contributed by atoms with E-state index in [1.807, 2.05) is 0 Å². The van der Waals surface area contributed by atoms with Crippen LogP contribution in [0, 0.1) is 11.6 Å². The van der Waals surface area contributed by atoms with Gasteiger partial charge >= 0.3 is 0 Å². The van der Waals surface area contributed by atoms with Gasteiger partial charge in [0.2, 0.25) is 0 Å². The topological polar surface area (TPSA) is 0 Å². The fourth-order valence-electron chi connectivity index (χ4n) is 1.19. The lowest BCUT2D eigenvalue weighted by molar-refractivity contribution is 0.550. The van der Waals surface area contributed by atoms with Gasteiger partial charge in [-0.25, -0.2) is 8.78 Å². The van der Waals surface area contributed by atoms with Gasteiger partial charge in [-0.1, -0.05) is 12.1 Å². The third kappa shape index (κ3) is 2.65. The lowest BCUT2D eigenvalue weighted by atomic mass is 10.1. The van der Waals surface area contributed by atoms with Crippen LogP contribution in [0.25, 0.3) is 0 Å². The lowest BCUT2D eigenvalue weighted by Gasteiger charge is -2.02. The van der Waals surface area contributed by atoms with Crippen LogP contribution in [-0.2, 0) is 6.42 Å². The largest absolute Gasteiger partial charge is 0.207 e. The maximum absolute atomic E-state index is 13.0. The maximum atomic E-state index is 13.0. The quantitative estimate of drug-likeness (QED) is 0.494. The Morgan fingerprint density at radius 1 is 1.23 bits per heavy atom. The molecule has 0 unspecified atom stereocenters. The summed E-state index contributed by atoms with van der Waals surface area (Å²) in [4.78, 5) is 0. The van der Waals surface area contributed by atoms with Gasteiger partial charge in [0.1, 0.15) is 11.6 Å². The van der Waals surface area contributed by atoms with E-state index in [1.54, 1.807) is 6.08 Å². The Morgan fingerprint density at radius 2 is 1.85 bits per heavy atom. The molecule has 0 aliphatic carbocycles. The van der Waals surface area contributed by atoms with Crippen LogP contribution >= 0.6 is 0 Å². The number of rotatable bonds is 4. The van der Waals surface area contributed by atoms with E-state index in [0.29, 0.717) is 6.42 Å². The van der Waals surface area contributed by atoms with E-state index in [-0.39, 0.29) is 5.56 Å². The van der Waals surface area contributed by atoms with Crippen LogP contribution < -0.4 is 0 Å². The van der Waals surface area contributed by atoms with Gasteiger partial charge in [0, 0.05) is 5.56 Å². The van der Waals surface area contributed by atoms with Gasteiger partial charge in [-0.05, 0) is 31.4 Å². The average molecular weight is 182 g/mol. The van der Waals surface area contributed by atoms with Gasteiger partial charge in [-0.3, -0.25) is 0 Å². The van der Waals surface area contributed by atoms with Crippen LogP contribution in [0.4, 0.5) is 8.78 Å². The second kappa shape index (κ2) is 4.75. The van der Waals surface area contributed by atoms with Gasteiger partial charge in [0.05, 0.1) is 0 Å². The minimum atomic E-state index is -0.455. The van der Waals surface area contributed by atoms with E-state index in [2.05, 4.69) is 6.58 Å². The van der Waals surface area contributed by atoms with Gasteiger partial charge in [0.25, 0.3) is 0 Å². The molecule has 1 rings (SSSR count). The molecule has 0 fully saturated rings. The van der Waals surface area contributed by atoms with Crippen LogP contribution in [0.1, 0.15) is 18.4 Å². The molecule has 0 aliphatic heterocycles. The SMILES string of the molecule is C=CCCCc1c(F)cccc1F. The molecule has 0 saturated carbocycles. The minimum absolute atomic E-state index is 0.185. The molecule has 0 spiro atoms. The van der Waals surface area contributed by atoms with E-state index in [1.165, 1.54) is 18.2 Å². The molecule has 1 aromatic rings. The second-order valence-corrected chi connectivity index (χ2v) is 2.88. The highest BCUT2D eigenvalue weighted by Crippen LogP contribution is 2.14. The Balaban J connectivity index is 2.69. The number of unbranched alkanes of at least 4 members (excludes halogenated alkanes) is 1. The first-order valence-corrected chi connectivity index (χ1v) is 4.29. The van der Waals surface area contributed by atoms with Crippen LogP contribution in [0.3, 0.4) is 0 Å². The highest BCUT2D eigenvalue weighted by Gasteiger charge is 2.06. The third-order valence-electron chi connectivity index (χ3n) is 1.90. The normalized spacial score (nSPS) is 10.0. The standard InChI is InChI=1S/C11H12F2/c1-2-3-4-6-9-10(12)7-5-8-11(9)13/h2,5,7-8H,1,3-4,6H2. The fraction of sp³-hybridized carbons (Fsp3) is 0.273. The zero-order chi connectivity index (χ0) is 9.68. The molecule has 1 aromatic carbocycles. The number of halogens is 2. The zero-order valence-electron chi connectivity index (χ0n) is 7.39. The Bertz CT molecular complexity index is 272. The van der Waals surface area contributed by atoms with Crippen molar-refractivity contribution in [1.29, 1.82) is 0 Å². The molecule has 0 heterocycles. The van der Waals surface area contributed by atoms with Crippen LogP contribution in [-0.4, -0.2) is 0 Å². The molecule has 70 valence electrons. The first kappa shape index (κ1) is 9.90. The van der Waals surface area contributed by atoms with Crippen molar-refractivity contribution < 1.29 is 8.78 Å². The summed E-state index contributed by atoms with van der Waals surface area (Å²) in [6, 6.07) is 3.94. The van der Waals surface area contributed by atoms with E-state index < -0.39 is 11.6 Å². The van der Waals surface area contributed by atoms with Crippen LogP contribution in [0.2, 0.25) is 0 Å². The Kier molecular flexibility index (Phi) is 3.62. The van der Waals surface area contributed by atoms with Crippen molar-refractivity contribution in [3.63, 3.8) is 0 Å². The molecule has 0 atom stereocenters. The number of benzene rings is 1. The predicted octanol–water partition coefficient (Wildman–Crippen LogP) is 3.47. The van der Waals surface area contributed by atoms with Gasteiger partial charge < -0.3 is 0 Å². The van der Waals surface area contributed by atoms with Crippen LogP contribution in [0.5, 0.6) is 0 Å². The summed E-state index contributed by atoms with van der Waals surface area (Å²) in [5.74, 6) is -0.909. The number of hydrogen-bond donors (Lipinski definition) is 0. The first-order chi connectivity index (χ1) is 6.25. The maximum Gasteiger partial charge on any atom is 0.129 e. The summed E-state index contributed by atoms with van der Waals surface area (Å²) in [6.07, 6.45) is 3.71. The zero-order valence-corrected chi connectivity index (χ0v) is 7.39. The van der Waals surface area contributed by atoms with Gasteiger partial charge in [-0.15, -0.1) is 6.58 Å². The molecule has 0 N–H and O–H groups in total. The van der Waals surface area contributed by atoms with Crippen molar-refractivity contribution in [2.45, 2.75) is 19.3 Å². The van der Waals surface area contributed by atoms with Crippen molar-refractivity contribution in [2.75, 3.05) is 0 Å². The molecular weight excluding hydrogens is 170 g/mol. The monoisotopic (exact) mass is 182 g/mol. The summed E-state index contributed by atoms with van der Waals surface area (Å²) in [5, 5.41) is 0. The smallest absolute Gasteiger partial charge is 0.129 e. The number of hydrogen-bond acceptors (Lipinski definition) is 0. The van der Waals surface area contributed by atoms with E-state index in [9.17, 15) is 8.78 Å². The average Bonchev–Trinajstić information content (AvgIpc) is 2.10. The molecule has 13 heavy (non-hydrogen) atoms. The molecule has 0 nitrogen and oxygen atoms in total. The molecule has 2 heteroatoms. The van der Waals surface area contributed by atoms with Crippen molar-refractivity contribution in [1.82, 2.24) is 0 Å². The molecular formula is C11H12F2. The highest BCUT2D eigenvalue weighted by molar-refractivity contribution is 5.19. The lowest BCUT2D eigenvalue weighted by Crippen LogP contribution is -1.94. The van der Waals surface area contributed by atoms with Crippen molar-refractivity contribution in [2.24, 2.45) is 0 Å². The van der Waals surface area contributed by atoms with E-state index >= 15 is 0 Å². The highest BCUT2D eigenvalue weighted by atomic mass is 19.1. The molecule has 0 saturated heterocycles. The minimum Gasteiger partial charge on any atom is -0.207 e. The van der Waals surface area contributed by atoms with Crippen molar-refractivity contribution in [3.8, 4) is 0 Å². The van der Waals surface area contributed by atoms with Gasteiger partial charge in [0.15, 0.2) is 0 Å². The Morgan fingerprint density at radius 3 is 2.38 bits per heavy atom. The third-order valence-corrected chi connectivity index (χ3v) is 1.90. The summed E-state index contributed by atoms with van der Waals surface area (Å²) >= 11 is 0. The number of allylic oxidation sites excluding steroid dienone is 1. The Hall–Kier alpha value is -1.18. The molecule has 0 radical (unpaired) electrons. The summed E-state index contributed by atoms with van der Waals surface area (Å²) in [5.41, 5.74) is 0.185. The fourth-order valence-corrected chi connectivity index (χ4v) is 1.19. The molecule has 0 bridgehead atoms.